The van der Waals surface area contributed by atoms with Gasteiger partial charge < -0.3 is 10.4 Å². The van der Waals surface area contributed by atoms with Gasteiger partial charge >= 0.3 is 12.1 Å². The Kier molecular flexibility index (Phi) is 5.33. The third kappa shape index (κ3) is 3.70. The lowest BCUT2D eigenvalue weighted by molar-refractivity contribution is -0.142. The van der Waals surface area contributed by atoms with E-state index in [2.05, 4.69) is 15.4 Å². The van der Waals surface area contributed by atoms with Crippen LogP contribution in [0.15, 0.2) is 36.4 Å². The Balaban J connectivity index is 1.61. The minimum atomic E-state index is -4.81. The Labute approximate surface area is 198 Å². The van der Waals surface area contributed by atoms with Crippen LogP contribution in [0.4, 0.5) is 18.2 Å². The highest BCUT2D eigenvalue weighted by molar-refractivity contribution is 7.17. The van der Waals surface area contributed by atoms with Crippen LogP contribution in [0.1, 0.15) is 43.4 Å². The van der Waals surface area contributed by atoms with Crippen molar-refractivity contribution >= 4 is 45.5 Å². The SMILES string of the molecule is O=C(Nc1sc2c(c1C(=O)O)CCC2)c1nn2c(C(F)(F)F)cc(-c3ccccc3)nc2c1Cl. The molecule has 3 aromatic heterocycles. The summed E-state index contributed by atoms with van der Waals surface area (Å²) in [4.78, 5) is 29.8. The average molecular weight is 507 g/mol. The first-order valence-electron chi connectivity index (χ1n) is 10.1. The summed E-state index contributed by atoms with van der Waals surface area (Å²) in [5, 5.41) is 15.6. The number of fused-ring (bicyclic) bond motifs is 2. The van der Waals surface area contributed by atoms with Crippen molar-refractivity contribution in [1.29, 1.82) is 0 Å². The van der Waals surface area contributed by atoms with Gasteiger partial charge in [0.05, 0.1) is 11.3 Å². The van der Waals surface area contributed by atoms with Gasteiger partial charge in [0.15, 0.2) is 17.0 Å². The Hall–Kier alpha value is -3.44. The van der Waals surface area contributed by atoms with Crippen LogP contribution < -0.4 is 5.32 Å². The van der Waals surface area contributed by atoms with Crippen LogP contribution in [-0.4, -0.2) is 31.6 Å². The fourth-order valence-electron chi connectivity index (χ4n) is 3.98. The normalized spacial score (nSPS) is 13.3. The summed E-state index contributed by atoms with van der Waals surface area (Å²) in [5.41, 5.74) is -0.885. The average Bonchev–Trinajstić information content (AvgIpc) is 3.46. The standard InChI is InChI=1S/C22H14ClF3N4O3S/c23-16-17(19(31)28-20-15(21(32)33)11-7-4-8-13(11)34-20)29-30-14(22(24,25)26)9-12(27-18(16)30)10-5-2-1-3-6-10/h1-3,5-6,9H,4,7-8H2,(H,28,31)(H,32,33). The highest BCUT2D eigenvalue weighted by Gasteiger charge is 2.37. The number of carbonyl (C=O) groups is 2. The number of aryl methyl sites for hydroxylation is 1. The quantitative estimate of drug-likeness (QED) is 0.377. The lowest BCUT2D eigenvalue weighted by atomic mass is 10.1. The van der Waals surface area contributed by atoms with Crippen LogP contribution in [0.3, 0.4) is 0 Å². The molecule has 5 rings (SSSR count). The van der Waals surface area contributed by atoms with Gasteiger partial charge in [0.25, 0.3) is 5.91 Å². The van der Waals surface area contributed by atoms with Crippen molar-refractivity contribution in [1.82, 2.24) is 14.6 Å². The van der Waals surface area contributed by atoms with Crippen LogP contribution in [0.25, 0.3) is 16.9 Å². The first kappa shape index (κ1) is 22.4. The Bertz CT molecular complexity index is 1460. The number of rotatable bonds is 4. The van der Waals surface area contributed by atoms with Crippen molar-refractivity contribution in [2.24, 2.45) is 0 Å². The van der Waals surface area contributed by atoms with Gasteiger partial charge in [-0.25, -0.2) is 14.3 Å². The fourth-order valence-corrected chi connectivity index (χ4v) is 5.50. The van der Waals surface area contributed by atoms with E-state index in [9.17, 15) is 27.9 Å². The predicted molar refractivity (Wildman–Crippen MR) is 120 cm³/mol. The first-order chi connectivity index (χ1) is 16.1. The molecule has 0 saturated carbocycles. The number of aromatic carboxylic acids is 1. The van der Waals surface area contributed by atoms with E-state index < -0.39 is 29.4 Å². The molecule has 1 aromatic carbocycles. The molecule has 0 saturated heterocycles. The molecule has 1 aliphatic carbocycles. The fraction of sp³-hybridized carbons (Fsp3) is 0.182. The van der Waals surface area contributed by atoms with Gasteiger partial charge in [0, 0.05) is 10.4 Å². The van der Waals surface area contributed by atoms with E-state index in [1.165, 1.54) is 0 Å². The molecule has 0 aliphatic heterocycles. The molecule has 1 aliphatic rings. The Morgan fingerprint density at radius 3 is 2.59 bits per heavy atom. The molecular formula is C22H14ClF3N4O3S. The van der Waals surface area contributed by atoms with Crippen molar-refractivity contribution in [2.45, 2.75) is 25.4 Å². The van der Waals surface area contributed by atoms with E-state index >= 15 is 0 Å². The number of nitrogens with one attached hydrogen (secondary N) is 1. The second kappa shape index (κ2) is 8.10. The number of nitrogens with zero attached hydrogens (tertiary/aromatic N) is 3. The lowest BCUT2D eigenvalue weighted by Crippen LogP contribution is -2.16. The maximum absolute atomic E-state index is 13.8. The minimum Gasteiger partial charge on any atom is -0.478 e. The molecule has 1 amide bonds. The van der Waals surface area contributed by atoms with Gasteiger partial charge in [0.1, 0.15) is 10.0 Å². The van der Waals surface area contributed by atoms with E-state index in [-0.39, 0.29) is 26.9 Å². The van der Waals surface area contributed by atoms with Crippen molar-refractivity contribution in [3.63, 3.8) is 0 Å². The lowest BCUT2D eigenvalue weighted by Gasteiger charge is -2.11. The summed E-state index contributed by atoms with van der Waals surface area (Å²) in [5.74, 6) is -2.11. The smallest absolute Gasteiger partial charge is 0.433 e. The number of amides is 1. The molecule has 4 aromatic rings. The van der Waals surface area contributed by atoms with Gasteiger partial charge in [-0.1, -0.05) is 41.9 Å². The molecule has 34 heavy (non-hydrogen) atoms. The molecule has 3 heterocycles. The van der Waals surface area contributed by atoms with Gasteiger partial charge in [0.2, 0.25) is 0 Å². The number of carboxylic acid groups (broad SMARTS) is 1. The number of anilines is 1. The number of benzene rings is 1. The molecule has 0 fully saturated rings. The zero-order valence-corrected chi connectivity index (χ0v) is 18.7. The molecule has 0 radical (unpaired) electrons. The highest BCUT2D eigenvalue weighted by Crippen LogP contribution is 2.40. The van der Waals surface area contributed by atoms with E-state index in [1.807, 2.05) is 0 Å². The number of halogens is 4. The van der Waals surface area contributed by atoms with Crippen molar-refractivity contribution in [3.8, 4) is 11.3 Å². The molecule has 0 unspecified atom stereocenters. The van der Waals surface area contributed by atoms with Gasteiger partial charge in [-0.2, -0.15) is 18.3 Å². The maximum Gasteiger partial charge on any atom is 0.433 e. The number of carbonyl (C=O) groups excluding carboxylic acids is 1. The van der Waals surface area contributed by atoms with Crippen LogP contribution in [-0.2, 0) is 19.0 Å². The van der Waals surface area contributed by atoms with Crippen LogP contribution in [0.2, 0.25) is 5.02 Å². The minimum absolute atomic E-state index is 0.00814. The molecule has 174 valence electrons. The maximum atomic E-state index is 13.8. The third-order valence-corrected chi connectivity index (χ3v) is 7.03. The number of thiophene rings is 1. The second-order valence-electron chi connectivity index (χ2n) is 7.61. The van der Waals surface area contributed by atoms with E-state index in [1.54, 1.807) is 30.3 Å². The van der Waals surface area contributed by atoms with Crippen LogP contribution >= 0.6 is 22.9 Å². The molecular weight excluding hydrogens is 493 g/mol. The summed E-state index contributed by atoms with van der Waals surface area (Å²) < 4.78 is 42.0. The summed E-state index contributed by atoms with van der Waals surface area (Å²) in [6.07, 6.45) is -2.70. The summed E-state index contributed by atoms with van der Waals surface area (Å²) >= 11 is 7.42. The summed E-state index contributed by atoms with van der Waals surface area (Å²) in [6.45, 7) is 0. The second-order valence-corrected chi connectivity index (χ2v) is 9.09. The van der Waals surface area contributed by atoms with E-state index in [0.717, 1.165) is 28.7 Å². The summed E-state index contributed by atoms with van der Waals surface area (Å²) in [6, 6.07) is 9.06. The van der Waals surface area contributed by atoms with Gasteiger partial charge in [-0.15, -0.1) is 11.3 Å². The predicted octanol–water partition coefficient (Wildman–Crippen LogP) is 5.57. The number of alkyl halides is 3. The molecule has 0 atom stereocenters. The monoisotopic (exact) mass is 506 g/mol. The van der Waals surface area contributed by atoms with Crippen molar-refractivity contribution < 1.29 is 27.9 Å². The van der Waals surface area contributed by atoms with E-state index in [4.69, 9.17) is 11.6 Å². The van der Waals surface area contributed by atoms with Gasteiger partial charge in [-0.05, 0) is 30.9 Å². The van der Waals surface area contributed by atoms with Crippen LogP contribution in [0.5, 0.6) is 0 Å². The molecule has 12 heteroatoms. The number of carboxylic acids is 1. The molecule has 2 N–H and O–H groups in total. The first-order valence-corrected chi connectivity index (χ1v) is 11.3. The molecule has 0 spiro atoms. The largest absolute Gasteiger partial charge is 0.478 e. The van der Waals surface area contributed by atoms with E-state index in [0.29, 0.717) is 28.5 Å². The van der Waals surface area contributed by atoms with Crippen LogP contribution in [0, 0.1) is 0 Å². The van der Waals surface area contributed by atoms with Crippen molar-refractivity contribution in [2.75, 3.05) is 5.32 Å². The molecule has 7 nitrogen and oxygen atoms in total. The molecule has 0 bridgehead atoms. The summed E-state index contributed by atoms with van der Waals surface area (Å²) in [7, 11) is 0. The van der Waals surface area contributed by atoms with Gasteiger partial charge in [-0.3, -0.25) is 4.79 Å². The Morgan fingerprint density at radius 2 is 1.91 bits per heavy atom. The zero-order chi connectivity index (χ0) is 24.2. The third-order valence-electron chi connectivity index (χ3n) is 5.47. The number of hydrogen-bond acceptors (Lipinski definition) is 5. The Morgan fingerprint density at radius 1 is 1.18 bits per heavy atom. The number of hydrogen-bond donors (Lipinski definition) is 2. The zero-order valence-electron chi connectivity index (χ0n) is 17.1. The topological polar surface area (TPSA) is 96.6 Å². The number of aromatic nitrogens is 3. The van der Waals surface area contributed by atoms with Crippen molar-refractivity contribution in [3.05, 3.63) is 68.8 Å². The highest BCUT2D eigenvalue weighted by atomic mass is 35.5.